The SMILES string of the molecule is C=CCC1(C(=O)NCC2(C(=O)O)CCCCC2)CCC1. The van der Waals surface area contributed by atoms with E-state index in [1.807, 2.05) is 0 Å². The first-order valence-corrected chi connectivity index (χ1v) is 7.67. The monoisotopic (exact) mass is 279 g/mol. The summed E-state index contributed by atoms with van der Waals surface area (Å²) in [5, 5.41) is 12.4. The molecular formula is C16H25NO3. The van der Waals surface area contributed by atoms with Gasteiger partial charge in [-0.3, -0.25) is 9.59 Å². The lowest BCUT2D eigenvalue weighted by Gasteiger charge is -2.41. The molecule has 20 heavy (non-hydrogen) atoms. The second-order valence-electron chi connectivity index (χ2n) is 6.46. The van der Waals surface area contributed by atoms with E-state index in [1.165, 1.54) is 0 Å². The lowest BCUT2D eigenvalue weighted by Crippen LogP contribution is -2.51. The van der Waals surface area contributed by atoms with Crippen molar-refractivity contribution in [1.29, 1.82) is 0 Å². The first-order chi connectivity index (χ1) is 9.55. The Kier molecular flexibility index (Phi) is 4.51. The lowest BCUT2D eigenvalue weighted by atomic mass is 9.65. The van der Waals surface area contributed by atoms with Crippen LogP contribution in [0.2, 0.25) is 0 Å². The number of carbonyl (C=O) groups excluding carboxylic acids is 1. The van der Waals surface area contributed by atoms with Crippen LogP contribution in [-0.2, 0) is 9.59 Å². The van der Waals surface area contributed by atoms with E-state index in [0.717, 1.165) is 38.5 Å². The van der Waals surface area contributed by atoms with Crippen molar-refractivity contribution < 1.29 is 14.7 Å². The molecule has 2 saturated carbocycles. The molecule has 4 nitrogen and oxygen atoms in total. The van der Waals surface area contributed by atoms with Crippen molar-refractivity contribution in [2.24, 2.45) is 10.8 Å². The van der Waals surface area contributed by atoms with Gasteiger partial charge >= 0.3 is 5.97 Å². The third-order valence-electron chi connectivity index (χ3n) is 5.18. The third-order valence-corrected chi connectivity index (χ3v) is 5.18. The van der Waals surface area contributed by atoms with Crippen LogP contribution in [0.15, 0.2) is 12.7 Å². The summed E-state index contributed by atoms with van der Waals surface area (Å²) in [5.74, 6) is -0.737. The average Bonchev–Trinajstić information content (AvgIpc) is 2.41. The topological polar surface area (TPSA) is 66.4 Å². The highest BCUT2D eigenvalue weighted by Crippen LogP contribution is 2.45. The molecule has 0 aromatic carbocycles. The Morgan fingerprint density at radius 2 is 1.65 bits per heavy atom. The number of carboxylic acid groups (broad SMARTS) is 1. The number of hydrogen-bond donors (Lipinski definition) is 2. The first-order valence-electron chi connectivity index (χ1n) is 7.67. The minimum Gasteiger partial charge on any atom is -0.481 e. The van der Waals surface area contributed by atoms with Gasteiger partial charge in [0.25, 0.3) is 0 Å². The van der Waals surface area contributed by atoms with Gasteiger partial charge < -0.3 is 10.4 Å². The Labute approximate surface area is 120 Å². The molecule has 0 radical (unpaired) electrons. The van der Waals surface area contributed by atoms with Crippen molar-refractivity contribution in [1.82, 2.24) is 5.32 Å². The van der Waals surface area contributed by atoms with Gasteiger partial charge in [0.1, 0.15) is 0 Å². The van der Waals surface area contributed by atoms with E-state index < -0.39 is 11.4 Å². The van der Waals surface area contributed by atoms with Gasteiger partial charge in [-0.15, -0.1) is 6.58 Å². The van der Waals surface area contributed by atoms with Crippen molar-refractivity contribution in [3.05, 3.63) is 12.7 Å². The first kappa shape index (κ1) is 15.1. The molecule has 0 aliphatic heterocycles. The molecule has 0 spiro atoms. The second kappa shape index (κ2) is 5.98. The summed E-state index contributed by atoms with van der Waals surface area (Å²) in [6, 6.07) is 0. The molecular weight excluding hydrogens is 254 g/mol. The number of carboxylic acids is 1. The molecule has 2 N–H and O–H groups in total. The fourth-order valence-corrected chi connectivity index (χ4v) is 3.54. The van der Waals surface area contributed by atoms with Crippen molar-refractivity contribution in [3.8, 4) is 0 Å². The predicted octanol–water partition coefficient (Wildman–Crippen LogP) is 2.88. The fraction of sp³-hybridized carbons (Fsp3) is 0.750. The Balaban J connectivity index is 1.97. The zero-order valence-corrected chi connectivity index (χ0v) is 12.1. The highest BCUT2D eigenvalue weighted by Gasteiger charge is 2.45. The van der Waals surface area contributed by atoms with Gasteiger partial charge in [-0.1, -0.05) is 31.8 Å². The molecule has 0 heterocycles. The van der Waals surface area contributed by atoms with Crippen LogP contribution >= 0.6 is 0 Å². The van der Waals surface area contributed by atoms with Crippen molar-refractivity contribution in [2.75, 3.05) is 6.54 Å². The summed E-state index contributed by atoms with van der Waals surface area (Å²) in [7, 11) is 0. The van der Waals surface area contributed by atoms with E-state index in [-0.39, 0.29) is 17.9 Å². The number of aliphatic carboxylic acids is 1. The lowest BCUT2D eigenvalue weighted by molar-refractivity contribution is -0.151. The number of rotatable bonds is 6. The van der Waals surface area contributed by atoms with Crippen LogP contribution in [0.25, 0.3) is 0 Å². The zero-order valence-electron chi connectivity index (χ0n) is 12.1. The second-order valence-corrected chi connectivity index (χ2v) is 6.46. The molecule has 0 atom stereocenters. The molecule has 2 fully saturated rings. The molecule has 0 saturated heterocycles. The molecule has 0 aromatic rings. The van der Waals surface area contributed by atoms with E-state index in [4.69, 9.17) is 0 Å². The molecule has 0 unspecified atom stereocenters. The van der Waals surface area contributed by atoms with Crippen LogP contribution in [0.5, 0.6) is 0 Å². The predicted molar refractivity (Wildman–Crippen MR) is 77.3 cm³/mol. The van der Waals surface area contributed by atoms with Gasteiger partial charge in [-0.2, -0.15) is 0 Å². The third kappa shape index (κ3) is 2.74. The minimum atomic E-state index is -0.760. The van der Waals surface area contributed by atoms with Crippen molar-refractivity contribution in [3.63, 3.8) is 0 Å². The summed E-state index contributed by atoms with van der Waals surface area (Å²) >= 11 is 0. The molecule has 2 aliphatic carbocycles. The fourth-order valence-electron chi connectivity index (χ4n) is 3.54. The van der Waals surface area contributed by atoms with Crippen LogP contribution in [0.1, 0.15) is 57.8 Å². The minimum absolute atomic E-state index is 0.0230. The number of amides is 1. The standard InChI is InChI=1S/C16H25NO3/c1-2-7-15(10-6-11-15)13(18)17-12-16(14(19)20)8-4-3-5-9-16/h2H,1,3-12H2,(H,17,18)(H,19,20). The van der Waals surface area contributed by atoms with E-state index in [9.17, 15) is 14.7 Å². The van der Waals surface area contributed by atoms with Gasteiger partial charge in [-0.25, -0.2) is 0 Å². The van der Waals surface area contributed by atoms with Crippen LogP contribution in [-0.4, -0.2) is 23.5 Å². The highest BCUT2D eigenvalue weighted by molar-refractivity contribution is 5.84. The van der Waals surface area contributed by atoms with Gasteiger partial charge in [0.2, 0.25) is 5.91 Å². The molecule has 1 amide bonds. The maximum Gasteiger partial charge on any atom is 0.311 e. The molecule has 2 aliphatic rings. The van der Waals surface area contributed by atoms with Crippen LogP contribution in [0, 0.1) is 10.8 Å². The summed E-state index contributed by atoms with van der Waals surface area (Å²) in [6.45, 7) is 4.01. The van der Waals surface area contributed by atoms with Crippen molar-refractivity contribution >= 4 is 11.9 Å². The van der Waals surface area contributed by atoms with Gasteiger partial charge in [0.05, 0.1) is 10.8 Å². The normalized spacial score (nSPS) is 23.4. The average molecular weight is 279 g/mol. The Morgan fingerprint density at radius 3 is 2.10 bits per heavy atom. The smallest absolute Gasteiger partial charge is 0.311 e. The maximum absolute atomic E-state index is 12.4. The number of hydrogen-bond acceptors (Lipinski definition) is 2. The van der Waals surface area contributed by atoms with Gasteiger partial charge in [0.15, 0.2) is 0 Å². The van der Waals surface area contributed by atoms with E-state index in [2.05, 4.69) is 11.9 Å². The summed E-state index contributed by atoms with van der Waals surface area (Å²) in [6.07, 6.45) is 9.70. The summed E-state index contributed by atoms with van der Waals surface area (Å²) in [5.41, 5.74) is -1.05. The number of carbonyl (C=O) groups is 2. The Bertz CT molecular complexity index is 393. The molecule has 112 valence electrons. The van der Waals surface area contributed by atoms with Gasteiger partial charge in [-0.05, 0) is 32.1 Å². The van der Waals surface area contributed by atoms with Crippen LogP contribution in [0.3, 0.4) is 0 Å². The van der Waals surface area contributed by atoms with Crippen molar-refractivity contribution in [2.45, 2.75) is 57.8 Å². The number of nitrogens with one attached hydrogen (secondary N) is 1. The molecule has 0 aromatic heterocycles. The largest absolute Gasteiger partial charge is 0.481 e. The maximum atomic E-state index is 12.4. The number of allylic oxidation sites excluding steroid dienone is 1. The van der Waals surface area contributed by atoms with E-state index in [0.29, 0.717) is 19.3 Å². The summed E-state index contributed by atoms with van der Waals surface area (Å²) < 4.78 is 0. The highest BCUT2D eigenvalue weighted by atomic mass is 16.4. The van der Waals surface area contributed by atoms with Crippen LogP contribution in [0.4, 0.5) is 0 Å². The van der Waals surface area contributed by atoms with Gasteiger partial charge in [0, 0.05) is 6.54 Å². The van der Waals surface area contributed by atoms with Crippen LogP contribution < -0.4 is 5.32 Å². The van der Waals surface area contributed by atoms with E-state index in [1.54, 1.807) is 6.08 Å². The Morgan fingerprint density at radius 1 is 1.05 bits per heavy atom. The zero-order chi connectivity index (χ0) is 14.6. The Hall–Kier alpha value is -1.32. The van der Waals surface area contributed by atoms with E-state index >= 15 is 0 Å². The molecule has 4 heteroatoms. The molecule has 2 rings (SSSR count). The quantitative estimate of drug-likeness (QED) is 0.735. The summed E-state index contributed by atoms with van der Waals surface area (Å²) in [4.78, 5) is 24.0. The molecule has 0 bridgehead atoms.